The average Bonchev–Trinajstić information content (AvgIpc) is 2.78. The Bertz CT molecular complexity index is 1070. The summed E-state index contributed by atoms with van der Waals surface area (Å²) in [7, 11) is 0. The van der Waals surface area contributed by atoms with Gasteiger partial charge in [0.05, 0.1) is 42.1 Å². The second-order valence-electron chi connectivity index (χ2n) is 7.40. The van der Waals surface area contributed by atoms with Crippen LogP contribution >= 0.6 is 0 Å². The standard InChI is InChI=1S/C22H23N5O4/c1-12-20(29)17(28)9-18(31-12)14-7-8-24-10-16(14)27-22(30)19-21(23)25-11-15(26-19)13-5-3-2-4-6-13/h2-8,10-12,17-18,20,28-29H,9H2,1H3,(H2,23,25)(H,27,30)/t12-,17-,18-,20-/m0/s1. The number of carbonyl (C=O) groups is 1. The molecule has 31 heavy (non-hydrogen) atoms. The maximum atomic E-state index is 13.0. The van der Waals surface area contributed by atoms with Crippen molar-refractivity contribution in [1.29, 1.82) is 0 Å². The van der Waals surface area contributed by atoms with E-state index in [0.29, 0.717) is 16.9 Å². The first kappa shape index (κ1) is 20.9. The van der Waals surface area contributed by atoms with Crippen molar-refractivity contribution in [3.63, 3.8) is 0 Å². The summed E-state index contributed by atoms with van der Waals surface area (Å²) in [6.45, 7) is 1.69. The topological polar surface area (TPSA) is 143 Å². The predicted octanol–water partition coefficient (Wildman–Crippen LogP) is 1.94. The second kappa shape index (κ2) is 8.76. The van der Waals surface area contributed by atoms with E-state index in [1.54, 1.807) is 19.2 Å². The van der Waals surface area contributed by atoms with Gasteiger partial charge in [-0.15, -0.1) is 0 Å². The van der Waals surface area contributed by atoms with Crippen LogP contribution < -0.4 is 11.1 Å². The molecule has 0 unspecified atom stereocenters. The smallest absolute Gasteiger partial charge is 0.278 e. The number of carbonyl (C=O) groups excluding carboxylic acids is 1. The van der Waals surface area contributed by atoms with Gasteiger partial charge >= 0.3 is 0 Å². The fourth-order valence-corrected chi connectivity index (χ4v) is 3.55. The molecule has 2 aromatic heterocycles. The number of rotatable bonds is 4. The molecule has 4 atom stereocenters. The minimum Gasteiger partial charge on any atom is -0.390 e. The third-order valence-corrected chi connectivity index (χ3v) is 5.24. The molecule has 5 N–H and O–H groups in total. The lowest BCUT2D eigenvalue weighted by atomic mass is 9.94. The van der Waals surface area contributed by atoms with Gasteiger partial charge < -0.3 is 26.0 Å². The lowest BCUT2D eigenvalue weighted by Gasteiger charge is -2.36. The molecule has 1 fully saturated rings. The molecule has 0 spiro atoms. The van der Waals surface area contributed by atoms with E-state index in [9.17, 15) is 15.0 Å². The van der Waals surface area contributed by atoms with E-state index in [0.717, 1.165) is 5.56 Å². The van der Waals surface area contributed by atoms with Crippen LogP contribution in [0.2, 0.25) is 0 Å². The highest BCUT2D eigenvalue weighted by Crippen LogP contribution is 2.35. The zero-order valence-corrected chi connectivity index (χ0v) is 16.8. The molecule has 0 saturated carbocycles. The van der Waals surface area contributed by atoms with Gasteiger partial charge in [-0.2, -0.15) is 0 Å². The highest BCUT2D eigenvalue weighted by molar-refractivity contribution is 6.06. The lowest BCUT2D eigenvalue weighted by molar-refractivity contribution is -0.163. The quantitative estimate of drug-likeness (QED) is 0.500. The summed E-state index contributed by atoms with van der Waals surface area (Å²) in [5, 5.41) is 22.9. The monoisotopic (exact) mass is 421 g/mol. The van der Waals surface area contributed by atoms with E-state index in [1.165, 1.54) is 12.4 Å². The summed E-state index contributed by atoms with van der Waals surface area (Å²) in [5.41, 5.74) is 8.27. The number of aliphatic hydroxyl groups excluding tert-OH is 2. The first-order chi connectivity index (χ1) is 14.9. The summed E-state index contributed by atoms with van der Waals surface area (Å²) in [4.78, 5) is 25.6. The van der Waals surface area contributed by atoms with Crippen LogP contribution in [-0.2, 0) is 4.74 Å². The van der Waals surface area contributed by atoms with Gasteiger partial charge in [-0.05, 0) is 13.0 Å². The first-order valence-electron chi connectivity index (χ1n) is 9.89. The van der Waals surface area contributed by atoms with Crippen molar-refractivity contribution < 1.29 is 19.7 Å². The molecule has 1 aliphatic heterocycles. The number of hydrogen-bond donors (Lipinski definition) is 4. The van der Waals surface area contributed by atoms with Crippen LogP contribution in [-0.4, -0.2) is 49.4 Å². The molecule has 1 saturated heterocycles. The Balaban J connectivity index is 1.60. The van der Waals surface area contributed by atoms with Crippen LogP contribution in [0, 0.1) is 0 Å². The number of aliphatic hydroxyl groups is 2. The maximum Gasteiger partial charge on any atom is 0.278 e. The van der Waals surface area contributed by atoms with Crippen LogP contribution in [0.15, 0.2) is 55.0 Å². The van der Waals surface area contributed by atoms with Gasteiger partial charge in [0.1, 0.15) is 6.10 Å². The molecule has 0 radical (unpaired) electrons. The predicted molar refractivity (Wildman–Crippen MR) is 114 cm³/mol. The van der Waals surface area contributed by atoms with Crippen molar-refractivity contribution in [3.8, 4) is 11.3 Å². The van der Waals surface area contributed by atoms with Crippen molar-refractivity contribution in [2.24, 2.45) is 0 Å². The highest BCUT2D eigenvalue weighted by atomic mass is 16.5. The SMILES string of the molecule is C[C@@H]1O[C@H](c2ccncc2NC(=O)c2nc(-c3ccccc3)cnc2N)C[C@H](O)[C@H]1O. The number of pyridine rings is 1. The van der Waals surface area contributed by atoms with Crippen molar-refractivity contribution in [2.45, 2.75) is 37.8 Å². The molecule has 0 bridgehead atoms. The minimum atomic E-state index is -0.966. The number of nitrogens with one attached hydrogen (secondary N) is 1. The van der Waals surface area contributed by atoms with Crippen molar-refractivity contribution in [3.05, 3.63) is 66.2 Å². The van der Waals surface area contributed by atoms with E-state index in [2.05, 4.69) is 20.3 Å². The van der Waals surface area contributed by atoms with E-state index < -0.39 is 30.3 Å². The van der Waals surface area contributed by atoms with Gasteiger partial charge in [-0.3, -0.25) is 9.78 Å². The van der Waals surface area contributed by atoms with Gasteiger partial charge in [0.15, 0.2) is 11.5 Å². The summed E-state index contributed by atoms with van der Waals surface area (Å²) in [5.74, 6) is -0.537. The van der Waals surface area contributed by atoms with Gasteiger partial charge in [-0.1, -0.05) is 30.3 Å². The molecule has 9 nitrogen and oxygen atoms in total. The minimum absolute atomic E-state index is 0.00343. The number of amides is 1. The number of nitrogens with two attached hydrogens (primary N) is 1. The first-order valence-corrected chi connectivity index (χ1v) is 9.89. The number of anilines is 2. The Morgan fingerprint density at radius 2 is 1.97 bits per heavy atom. The third kappa shape index (κ3) is 4.38. The fourth-order valence-electron chi connectivity index (χ4n) is 3.55. The van der Waals surface area contributed by atoms with Crippen LogP contribution in [0.3, 0.4) is 0 Å². The average molecular weight is 421 g/mol. The van der Waals surface area contributed by atoms with Gasteiger partial charge in [0.25, 0.3) is 5.91 Å². The Morgan fingerprint density at radius 1 is 1.19 bits per heavy atom. The van der Waals surface area contributed by atoms with E-state index in [4.69, 9.17) is 10.5 Å². The fraction of sp³-hybridized carbons (Fsp3) is 0.273. The molecular weight excluding hydrogens is 398 g/mol. The molecule has 9 heteroatoms. The van der Waals surface area contributed by atoms with E-state index >= 15 is 0 Å². The molecule has 1 aromatic carbocycles. The van der Waals surface area contributed by atoms with E-state index in [1.807, 2.05) is 30.3 Å². The maximum absolute atomic E-state index is 13.0. The zero-order valence-electron chi connectivity index (χ0n) is 16.8. The number of nitrogen functional groups attached to an aromatic ring is 1. The van der Waals surface area contributed by atoms with Crippen molar-refractivity contribution in [1.82, 2.24) is 15.0 Å². The van der Waals surface area contributed by atoms with Crippen molar-refractivity contribution >= 4 is 17.4 Å². The van der Waals surface area contributed by atoms with Gasteiger partial charge in [-0.25, -0.2) is 9.97 Å². The molecular formula is C22H23N5O4. The molecule has 160 valence electrons. The lowest BCUT2D eigenvalue weighted by Crippen LogP contribution is -2.44. The third-order valence-electron chi connectivity index (χ3n) is 5.24. The molecule has 4 rings (SSSR count). The Labute approximate surface area is 179 Å². The summed E-state index contributed by atoms with van der Waals surface area (Å²) < 4.78 is 5.84. The Hall–Kier alpha value is -3.40. The van der Waals surface area contributed by atoms with Crippen LogP contribution in [0.25, 0.3) is 11.3 Å². The van der Waals surface area contributed by atoms with Crippen molar-refractivity contribution in [2.75, 3.05) is 11.1 Å². The number of aromatic nitrogens is 3. The number of benzene rings is 1. The highest BCUT2D eigenvalue weighted by Gasteiger charge is 2.35. The number of hydrogen-bond acceptors (Lipinski definition) is 8. The Kier molecular flexibility index (Phi) is 5.90. The number of nitrogens with zero attached hydrogens (tertiary/aromatic N) is 3. The summed E-state index contributed by atoms with van der Waals surface area (Å²) in [6, 6.07) is 11.0. The molecule has 3 aromatic rings. The molecule has 0 aliphatic carbocycles. The van der Waals surface area contributed by atoms with Crippen LogP contribution in [0.1, 0.15) is 35.5 Å². The molecule has 3 heterocycles. The van der Waals surface area contributed by atoms with Gasteiger partial charge in [0.2, 0.25) is 0 Å². The van der Waals surface area contributed by atoms with Crippen LogP contribution in [0.4, 0.5) is 11.5 Å². The largest absolute Gasteiger partial charge is 0.390 e. The second-order valence-corrected chi connectivity index (χ2v) is 7.40. The zero-order chi connectivity index (χ0) is 22.0. The molecule has 1 aliphatic rings. The van der Waals surface area contributed by atoms with Gasteiger partial charge in [0, 0.05) is 23.7 Å². The van der Waals surface area contributed by atoms with E-state index in [-0.39, 0.29) is 17.9 Å². The number of ether oxygens (including phenoxy) is 1. The van der Waals surface area contributed by atoms with Crippen LogP contribution in [0.5, 0.6) is 0 Å². The Morgan fingerprint density at radius 3 is 2.71 bits per heavy atom. The molecule has 1 amide bonds. The normalized spacial score (nSPS) is 23.3. The summed E-state index contributed by atoms with van der Waals surface area (Å²) >= 11 is 0. The summed E-state index contributed by atoms with van der Waals surface area (Å²) in [6.07, 6.45) is 1.77.